The number of ether oxygens (including phenoxy) is 2. The van der Waals surface area contributed by atoms with E-state index < -0.39 is 0 Å². The van der Waals surface area contributed by atoms with Gasteiger partial charge in [-0.25, -0.2) is 4.98 Å². The Morgan fingerprint density at radius 1 is 1.24 bits per heavy atom. The molecule has 3 aromatic rings. The molecule has 0 spiro atoms. The van der Waals surface area contributed by atoms with E-state index in [2.05, 4.69) is 27.0 Å². The third-order valence-corrected chi connectivity index (χ3v) is 4.73. The molecule has 3 rings (SSSR count). The van der Waals surface area contributed by atoms with Crippen LogP contribution in [0.2, 0.25) is 0 Å². The first-order valence-corrected chi connectivity index (χ1v) is 8.20. The first-order valence-electron chi connectivity index (χ1n) is 6.59. The van der Waals surface area contributed by atoms with Crippen LogP contribution in [0.3, 0.4) is 0 Å². The van der Waals surface area contributed by atoms with E-state index in [9.17, 15) is 0 Å². The molecule has 108 valence electrons. The van der Waals surface area contributed by atoms with Crippen LogP contribution in [0.15, 0.2) is 40.9 Å². The van der Waals surface area contributed by atoms with Gasteiger partial charge < -0.3 is 9.47 Å². The Bertz CT molecular complexity index is 752. The summed E-state index contributed by atoms with van der Waals surface area (Å²) in [6, 6.07) is 12.1. The van der Waals surface area contributed by atoms with E-state index in [1.807, 2.05) is 37.3 Å². The van der Waals surface area contributed by atoms with Crippen LogP contribution in [0, 0.1) is 0 Å². The molecule has 0 aliphatic heterocycles. The summed E-state index contributed by atoms with van der Waals surface area (Å²) in [6.45, 7) is 2.55. The molecule has 0 aliphatic carbocycles. The number of hydrogen-bond donors (Lipinski definition) is 0. The van der Waals surface area contributed by atoms with Gasteiger partial charge in [-0.15, -0.1) is 11.3 Å². The lowest BCUT2D eigenvalue weighted by Gasteiger charge is -2.12. The summed E-state index contributed by atoms with van der Waals surface area (Å²) < 4.78 is 13.1. The minimum Gasteiger partial charge on any atom is -0.492 e. The smallest absolute Gasteiger partial charge is 0.174 e. The van der Waals surface area contributed by atoms with Gasteiger partial charge in [0, 0.05) is 5.56 Å². The van der Waals surface area contributed by atoms with Crippen molar-refractivity contribution in [3.63, 3.8) is 0 Å². The van der Waals surface area contributed by atoms with Crippen LogP contribution in [-0.4, -0.2) is 18.7 Å². The van der Waals surface area contributed by atoms with Gasteiger partial charge in [0.25, 0.3) is 0 Å². The van der Waals surface area contributed by atoms with Crippen molar-refractivity contribution in [1.82, 2.24) is 4.98 Å². The number of halogens is 1. The van der Waals surface area contributed by atoms with Crippen molar-refractivity contribution in [2.24, 2.45) is 0 Å². The highest BCUT2D eigenvalue weighted by Crippen LogP contribution is 2.41. The molecule has 1 heterocycles. The zero-order chi connectivity index (χ0) is 14.8. The fourth-order valence-corrected chi connectivity index (χ4v) is 3.70. The van der Waals surface area contributed by atoms with Crippen molar-refractivity contribution in [2.75, 3.05) is 13.7 Å². The Balaban J connectivity index is 2.13. The zero-order valence-corrected chi connectivity index (χ0v) is 14.1. The first kappa shape index (κ1) is 14.4. The molecule has 0 fully saturated rings. The second-order valence-electron chi connectivity index (χ2n) is 4.41. The fourth-order valence-electron chi connectivity index (χ4n) is 2.15. The van der Waals surface area contributed by atoms with Gasteiger partial charge in [0.05, 0.1) is 28.4 Å². The largest absolute Gasteiger partial charge is 0.492 e. The molecule has 0 bridgehead atoms. The van der Waals surface area contributed by atoms with Crippen LogP contribution in [-0.2, 0) is 0 Å². The quantitative estimate of drug-likeness (QED) is 0.643. The van der Waals surface area contributed by atoms with Crippen LogP contribution < -0.4 is 9.47 Å². The van der Waals surface area contributed by atoms with Gasteiger partial charge in [0.2, 0.25) is 0 Å². The topological polar surface area (TPSA) is 31.4 Å². The molecule has 1 aromatic heterocycles. The van der Waals surface area contributed by atoms with Gasteiger partial charge in [-0.3, -0.25) is 0 Å². The monoisotopic (exact) mass is 363 g/mol. The Morgan fingerprint density at radius 3 is 2.76 bits per heavy atom. The van der Waals surface area contributed by atoms with Crippen LogP contribution in [0.25, 0.3) is 20.8 Å². The van der Waals surface area contributed by atoms with E-state index in [0.29, 0.717) is 12.4 Å². The fraction of sp³-hybridized carbons (Fsp3) is 0.188. The van der Waals surface area contributed by atoms with E-state index >= 15 is 0 Å². The SMILES string of the molecule is CCOc1cc(-c2nc3ccccc3s2)cc(Br)c1OC. The average molecular weight is 364 g/mol. The molecule has 0 saturated heterocycles. The highest BCUT2D eigenvalue weighted by atomic mass is 79.9. The number of methoxy groups -OCH3 is 1. The molecule has 0 aliphatic rings. The second-order valence-corrected chi connectivity index (χ2v) is 6.29. The number of aromatic nitrogens is 1. The maximum absolute atomic E-state index is 5.67. The normalized spacial score (nSPS) is 10.8. The summed E-state index contributed by atoms with van der Waals surface area (Å²) in [6.07, 6.45) is 0. The van der Waals surface area contributed by atoms with E-state index in [1.54, 1.807) is 18.4 Å². The minimum absolute atomic E-state index is 0.589. The van der Waals surface area contributed by atoms with Crippen LogP contribution in [0.5, 0.6) is 11.5 Å². The molecule has 0 amide bonds. The molecule has 0 atom stereocenters. The van der Waals surface area contributed by atoms with E-state index in [0.717, 1.165) is 26.3 Å². The summed E-state index contributed by atoms with van der Waals surface area (Å²) >= 11 is 5.21. The summed E-state index contributed by atoms with van der Waals surface area (Å²) in [7, 11) is 1.64. The molecule has 3 nitrogen and oxygen atoms in total. The Hall–Kier alpha value is -1.59. The summed E-state index contributed by atoms with van der Waals surface area (Å²) in [5, 5.41) is 0.973. The second kappa shape index (κ2) is 6.03. The third kappa shape index (κ3) is 2.76. The van der Waals surface area contributed by atoms with Crippen molar-refractivity contribution in [3.05, 3.63) is 40.9 Å². The highest BCUT2D eigenvalue weighted by molar-refractivity contribution is 9.10. The standard InChI is InChI=1S/C16H14BrNO2S/c1-3-20-13-9-10(8-11(17)15(13)19-2)16-18-12-6-4-5-7-14(12)21-16/h4-9H,3H2,1-2H3. The number of thiazole rings is 1. The van der Waals surface area contributed by atoms with Gasteiger partial charge in [0.15, 0.2) is 11.5 Å². The number of hydrogen-bond acceptors (Lipinski definition) is 4. The van der Waals surface area contributed by atoms with Gasteiger partial charge in [-0.2, -0.15) is 0 Å². The summed E-state index contributed by atoms with van der Waals surface area (Å²) in [5.41, 5.74) is 2.04. The average Bonchev–Trinajstić information content (AvgIpc) is 2.91. The van der Waals surface area contributed by atoms with E-state index in [4.69, 9.17) is 9.47 Å². The van der Waals surface area contributed by atoms with Crippen molar-refractivity contribution in [1.29, 1.82) is 0 Å². The predicted molar refractivity (Wildman–Crippen MR) is 90.5 cm³/mol. The summed E-state index contributed by atoms with van der Waals surface area (Å²) in [5.74, 6) is 1.44. The Kier molecular flexibility index (Phi) is 4.12. The zero-order valence-electron chi connectivity index (χ0n) is 11.7. The van der Waals surface area contributed by atoms with Crippen molar-refractivity contribution < 1.29 is 9.47 Å². The van der Waals surface area contributed by atoms with Gasteiger partial charge in [-0.1, -0.05) is 12.1 Å². The molecule has 0 unspecified atom stereocenters. The maximum Gasteiger partial charge on any atom is 0.174 e. The summed E-state index contributed by atoms with van der Waals surface area (Å²) in [4.78, 5) is 4.68. The Morgan fingerprint density at radius 2 is 2.05 bits per heavy atom. The molecule has 5 heteroatoms. The number of fused-ring (bicyclic) bond motifs is 1. The van der Waals surface area contributed by atoms with Crippen molar-refractivity contribution >= 4 is 37.5 Å². The van der Waals surface area contributed by atoms with E-state index in [1.165, 1.54) is 4.70 Å². The highest BCUT2D eigenvalue weighted by Gasteiger charge is 2.14. The molecular formula is C16H14BrNO2S. The van der Waals surface area contributed by atoms with Crippen molar-refractivity contribution in [2.45, 2.75) is 6.92 Å². The predicted octanol–water partition coefficient (Wildman–Crippen LogP) is 5.13. The molecule has 21 heavy (non-hydrogen) atoms. The molecule has 0 saturated carbocycles. The first-order chi connectivity index (χ1) is 10.2. The lowest BCUT2D eigenvalue weighted by atomic mass is 10.2. The molecule has 2 aromatic carbocycles. The molecule has 0 N–H and O–H groups in total. The number of benzene rings is 2. The van der Waals surface area contributed by atoms with Crippen LogP contribution in [0.1, 0.15) is 6.92 Å². The number of para-hydroxylation sites is 1. The maximum atomic E-state index is 5.67. The lowest BCUT2D eigenvalue weighted by molar-refractivity contribution is 0.310. The lowest BCUT2D eigenvalue weighted by Crippen LogP contribution is -1.96. The van der Waals surface area contributed by atoms with Crippen LogP contribution >= 0.6 is 27.3 Å². The van der Waals surface area contributed by atoms with E-state index in [-0.39, 0.29) is 0 Å². The van der Waals surface area contributed by atoms with Gasteiger partial charge in [-0.05, 0) is 47.1 Å². The number of nitrogens with zero attached hydrogens (tertiary/aromatic N) is 1. The molecular weight excluding hydrogens is 350 g/mol. The van der Waals surface area contributed by atoms with Gasteiger partial charge >= 0.3 is 0 Å². The molecule has 0 radical (unpaired) electrons. The van der Waals surface area contributed by atoms with Gasteiger partial charge in [0.1, 0.15) is 5.01 Å². The van der Waals surface area contributed by atoms with Crippen LogP contribution in [0.4, 0.5) is 0 Å². The third-order valence-electron chi connectivity index (χ3n) is 3.05. The Labute approximate surface area is 135 Å². The minimum atomic E-state index is 0.589. The number of rotatable bonds is 4. The van der Waals surface area contributed by atoms with Crippen molar-refractivity contribution in [3.8, 4) is 22.1 Å².